The summed E-state index contributed by atoms with van der Waals surface area (Å²) in [6, 6.07) is 73.1. The number of benzene rings is 12. The average molecular weight is 1070 g/mol. The van der Waals surface area contributed by atoms with Gasteiger partial charge in [-0.15, -0.1) is 0 Å². The first-order chi connectivity index (χ1) is 39.9. The molecule has 0 saturated carbocycles. The van der Waals surface area contributed by atoms with Gasteiger partial charge >= 0.3 is 0 Å². The summed E-state index contributed by atoms with van der Waals surface area (Å²) in [5.74, 6) is 0.597. The lowest BCUT2D eigenvalue weighted by Gasteiger charge is -2.33. The van der Waals surface area contributed by atoms with Crippen LogP contribution in [0.4, 0.5) is 34.1 Å². The number of anilines is 6. The summed E-state index contributed by atoms with van der Waals surface area (Å²) in [4.78, 5) is 4.87. The number of rotatable bonds is 13. The number of furan rings is 1. The lowest BCUT2D eigenvalue weighted by atomic mass is 9.83. The largest absolute Gasteiger partial charge is 0.505 e. The highest BCUT2D eigenvalue weighted by atomic mass is 16.3. The number of fused-ring (bicyclic) bond motifs is 3. The Kier molecular flexibility index (Phi) is 13.2. The molecule has 1 heterocycles. The predicted molar refractivity (Wildman–Crippen MR) is 351 cm³/mol. The number of phenolic OH excluding ortho intramolecular Hbond substituents is 1. The van der Waals surface area contributed by atoms with Crippen LogP contribution < -0.4 is 9.80 Å². The van der Waals surface area contributed by atoms with Crippen molar-refractivity contribution >= 4 is 88.4 Å². The molecule has 0 fully saturated rings. The standard InChI is InChI=1S/C78H70N2O2/c1-11-52-27-13-15-31-56(52)54-29-19-30-55(43-54)58-33-21-37-68(76(58)81)79(74-48(7)23-17-24-49(74)8)70-44-66(46(3)4)59-40-42-65-71(45-67(47(5)6)60-39-41-64(70)72(59)73(60)65)80(75-50(9)25-18-26-51(75)10)69-38-22-36-63-62-35-20-34-61(77(62)82-78(63)69)57-32-16-14-28-53(57)12-2/h13-47,81H,11-12H2,1-10H3. The molecular formula is C78H70N2O2. The Balaban J connectivity index is 1.10. The van der Waals surface area contributed by atoms with Gasteiger partial charge in [0.15, 0.2) is 5.58 Å². The van der Waals surface area contributed by atoms with Gasteiger partial charge in [0.05, 0.1) is 34.1 Å². The second-order valence-corrected chi connectivity index (χ2v) is 23.2. The molecule has 0 amide bonds. The van der Waals surface area contributed by atoms with Crippen molar-refractivity contribution in [3.05, 3.63) is 245 Å². The van der Waals surface area contributed by atoms with E-state index in [1.54, 1.807) is 0 Å². The lowest BCUT2D eigenvalue weighted by Crippen LogP contribution is -2.15. The smallest absolute Gasteiger partial charge is 0.159 e. The summed E-state index contributed by atoms with van der Waals surface area (Å²) in [6.45, 7) is 22.6. The fourth-order valence-corrected chi connectivity index (χ4v) is 13.6. The fourth-order valence-electron chi connectivity index (χ4n) is 13.6. The van der Waals surface area contributed by atoms with Crippen LogP contribution in [-0.4, -0.2) is 5.11 Å². The van der Waals surface area contributed by atoms with Crippen LogP contribution in [-0.2, 0) is 12.8 Å². The Bertz CT molecular complexity index is 4590. The van der Waals surface area contributed by atoms with E-state index >= 15 is 0 Å². The zero-order chi connectivity index (χ0) is 56.7. The summed E-state index contributed by atoms with van der Waals surface area (Å²) < 4.78 is 7.38. The summed E-state index contributed by atoms with van der Waals surface area (Å²) in [6.07, 6.45) is 1.86. The zero-order valence-corrected chi connectivity index (χ0v) is 48.9. The van der Waals surface area contributed by atoms with Gasteiger partial charge in [-0.2, -0.15) is 0 Å². The Morgan fingerprint density at radius 3 is 1.34 bits per heavy atom. The molecule has 0 saturated heterocycles. The number of para-hydroxylation sites is 5. The molecule has 0 aliphatic heterocycles. The number of aromatic hydroxyl groups is 1. The Morgan fingerprint density at radius 2 is 0.780 bits per heavy atom. The summed E-state index contributed by atoms with van der Waals surface area (Å²) in [7, 11) is 0. The van der Waals surface area contributed by atoms with Gasteiger partial charge in [0, 0.05) is 32.7 Å². The van der Waals surface area contributed by atoms with Crippen LogP contribution in [0.1, 0.15) is 97.9 Å². The van der Waals surface area contributed by atoms with Gasteiger partial charge in [0.1, 0.15) is 11.3 Å². The predicted octanol–water partition coefficient (Wildman–Crippen LogP) is 22.7. The van der Waals surface area contributed by atoms with Crippen LogP contribution in [0.5, 0.6) is 5.75 Å². The molecule has 0 bridgehead atoms. The van der Waals surface area contributed by atoms with Crippen LogP contribution >= 0.6 is 0 Å². The SMILES string of the molecule is CCc1ccccc1-c1cccc(-c2cccc(N(c3c(C)cccc3C)c3cc(C(C)C)c4ccc5c(N(c6c(C)cccc6C)c6cccc7c6oc6c(-c8ccccc8CC)cccc67)cc(C(C)C)c6ccc3c4c65)c2O)c1. The summed E-state index contributed by atoms with van der Waals surface area (Å²) in [5, 5.41) is 22.5. The molecule has 404 valence electrons. The van der Waals surface area contributed by atoms with Gasteiger partial charge in [-0.1, -0.05) is 211 Å². The first kappa shape index (κ1) is 52.3. The quantitative estimate of drug-likeness (QED) is 0.117. The first-order valence-electron chi connectivity index (χ1n) is 29.4. The highest BCUT2D eigenvalue weighted by Gasteiger charge is 2.31. The van der Waals surface area contributed by atoms with Crippen LogP contribution in [0.25, 0.3) is 87.6 Å². The fraction of sp³-hybridized carbons (Fsp3) is 0.179. The van der Waals surface area contributed by atoms with Gasteiger partial charge in [-0.3, -0.25) is 0 Å². The van der Waals surface area contributed by atoms with E-state index in [4.69, 9.17) is 4.42 Å². The highest BCUT2D eigenvalue weighted by Crippen LogP contribution is 2.55. The van der Waals surface area contributed by atoms with Gasteiger partial charge in [0.25, 0.3) is 0 Å². The molecule has 13 rings (SSSR count). The Hall–Kier alpha value is -9.12. The van der Waals surface area contributed by atoms with E-state index in [-0.39, 0.29) is 17.6 Å². The maximum atomic E-state index is 13.1. The third-order valence-electron chi connectivity index (χ3n) is 17.5. The van der Waals surface area contributed by atoms with Gasteiger partial charge in [-0.05, 0) is 171 Å². The monoisotopic (exact) mass is 1070 g/mol. The molecule has 12 aromatic carbocycles. The highest BCUT2D eigenvalue weighted by molar-refractivity contribution is 6.30. The molecule has 13 aromatic rings. The van der Waals surface area contributed by atoms with Crippen molar-refractivity contribution in [1.29, 1.82) is 0 Å². The third-order valence-corrected chi connectivity index (χ3v) is 17.5. The minimum atomic E-state index is 0.173. The number of hydrogen-bond acceptors (Lipinski definition) is 4. The minimum absolute atomic E-state index is 0.173. The van der Waals surface area contributed by atoms with Gasteiger partial charge in [0.2, 0.25) is 0 Å². The number of nitrogens with zero attached hydrogens (tertiary/aromatic N) is 2. The second kappa shape index (κ2) is 20.8. The maximum Gasteiger partial charge on any atom is 0.159 e. The van der Waals surface area contributed by atoms with E-state index in [2.05, 4.69) is 279 Å². The van der Waals surface area contributed by atoms with Crippen molar-refractivity contribution in [2.24, 2.45) is 0 Å². The summed E-state index contributed by atoms with van der Waals surface area (Å²) in [5.41, 5.74) is 23.9. The Morgan fingerprint density at radius 1 is 0.366 bits per heavy atom. The first-order valence-corrected chi connectivity index (χ1v) is 29.4. The molecule has 1 aromatic heterocycles. The topological polar surface area (TPSA) is 39.9 Å². The molecule has 0 spiro atoms. The van der Waals surface area contributed by atoms with Crippen molar-refractivity contribution < 1.29 is 9.52 Å². The third kappa shape index (κ3) is 8.41. The van der Waals surface area contributed by atoms with Crippen molar-refractivity contribution in [3.8, 4) is 39.1 Å². The number of aryl methyl sites for hydroxylation is 6. The van der Waals surface area contributed by atoms with Crippen molar-refractivity contribution in [3.63, 3.8) is 0 Å². The molecule has 4 nitrogen and oxygen atoms in total. The molecule has 0 radical (unpaired) electrons. The van der Waals surface area contributed by atoms with Gasteiger partial charge in [-0.25, -0.2) is 0 Å². The van der Waals surface area contributed by atoms with E-state index in [0.717, 1.165) is 113 Å². The lowest BCUT2D eigenvalue weighted by molar-refractivity contribution is 0.478. The van der Waals surface area contributed by atoms with E-state index < -0.39 is 0 Å². The minimum Gasteiger partial charge on any atom is -0.505 e. The van der Waals surface area contributed by atoms with Crippen LogP contribution in [0.2, 0.25) is 0 Å². The van der Waals surface area contributed by atoms with E-state index in [0.29, 0.717) is 0 Å². The normalized spacial score (nSPS) is 11.9. The van der Waals surface area contributed by atoms with E-state index in [1.165, 1.54) is 66.1 Å². The molecule has 82 heavy (non-hydrogen) atoms. The van der Waals surface area contributed by atoms with E-state index in [1.807, 2.05) is 0 Å². The van der Waals surface area contributed by atoms with E-state index in [9.17, 15) is 5.11 Å². The number of hydrogen-bond donors (Lipinski definition) is 1. The van der Waals surface area contributed by atoms with Crippen LogP contribution in [0, 0.1) is 27.7 Å². The van der Waals surface area contributed by atoms with Crippen LogP contribution in [0.3, 0.4) is 0 Å². The Labute approximate surface area is 482 Å². The molecular weight excluding hydrogens is 997 g/mol. The number of phenols is 1. The van der Waals surface area contributed by atoms with Crippen molar-refractivity contribution in [2.75, 3.05) is 9.80 Å². The maximum absolute atomic E-state index is 13.1. The molecule has 0 atom stereocenters. The molecule has 0 unspecified atom stereocenters. The molecule has 1 N–H and O–H groups in total. The second-order valence-electron chi connectivity index (χ2n) is 23.2. The molecule has 0 aliphatic carbocycles. The zero-order valence-electron chi connectivity index (χ0n) is 48.9. The van der Waals surface area contributed by atoms with Crippen LogP contribution in [0.15, 0.2) is 205 Å². The van der Waals surface area contributed by atoms with Crippen molar-refractivity contribution in [2.45, 2.75) is 93.9 Å². The molecule has 0 aliphatic rings. The average Bonchev–Trinajstić information content (AvgIpc) is 3.68. The molecule has 4 heteroatoms. The van der Waals surface area contributed by atoms with Crippen molar-refractivity contribution in [1.82, 2.24) is 0 Å². The summed E-state index contributed by atoms with van der Waals surface area (Å²) >= 11 is 0. The van der Waals surface area contributed by atoms with Gasteiger partial charge < -0.3 is 19.3 Å².